The maximum absolute atomic E-state index is 12.9. The van der Waals surface area contributed by atoms with E-state index >= 15 is 0 Å². The highest BCUT2D eigenvalue weighted by atomic mass is 32.1. The number of methoxy groups -OCH3 is 1. The largest absolute Gasteiger partial charge is 0.497 e. The van der Waals surface area contributed by atoms with Crippen LogP contribution in [0.15, 0.2) is 30.3 Å². The van der Waals surface area contributed by atoms with Crippen LogP contribution >= 0.6 is 11.3 Å². The predicted molar refractivity (Wildman–Crippen MR) is 109 cm³/mol. The first-order valence-corrected chi connectivity index (χ1v) is 9.54. The molecule has 2 rings (SSSR count). The van der Waals surface area contributed by atoms with E-state index in [-0.39, 0.29) is 4.88 Å². The first kappa shape index (κ1) is 21.3. The SMILES string of the molecule is CCNc1cc(-c2ccc(OC)cc2)sc1C(=O)C(=[N+]=[N-])C(=O)OC(C)(C)C. The molecule has 148 valence electrons. The Morgan fingerprint density at radius 1 is 1.21 bits per heavy atom. The molecule has 0 aliphatic heterocycles. The number of ether oxygens (including phenoxy) is 2. The van der Waals surface area contributed by atoms with Gasteiger partial charge in [-0.15, -0.1) is 11.3 Å². The molecule has 1 N–H and O–H groups in total. The first-order chi connectivity index (χ1) is 13.2. The zero-order chi connectivity index (χ0) is 20.9. The average molecular weight is 401 g/mol. The molecule has 0 saturated heterocycles. The lowest BCUT2D eigenvalue weighted by Gasteiger charge is -2.17. The molecule has 0 unspecified atom stereocenters. The van der Waals surface area contributed by atoms with Gasteiger partial charge in [0.1, 0.15) is 16.2 Å². The molecule has 0 radical (unpaired) electrons. The summed E-state index contributed by atoms with van der Waals surface area (Å²) in [5.41, 5.74) is 9.25. The molecule has 0 aliphatic rings. The number of thiophene rings is 1. The summed E-state index contributed by atoms with van der Waals surface area (Å²) in [5, 5.41) is 3.11. The molecule has 0 aliphatic carbocycles. The minimum atomic E-state index is -0.971. The van der Waals surface area contributed by atoms with Gasteiger partial charge in [0.05, 0.1) is 12.8 Å². The fourth-order valence-electron chi connectivity index (χ4n) is 2.39. The summed E-state index contributed by atoms with van der Waals surface area (Å²) < 4.78 is 10.3. The second-order valence-corrected chi connectivity index (χ2v) is 7.94. The van der Waals surface area contributed by atoms with Crippen molar-refractivity contribution < 1.29 is 23.9 Å². The molecule has 1 aromatic carbocycles. The van der Waals surface area contributed by atoms with Crippen LogP contribution in [0.2, 0.25) is 0 Å². The van der Waals surface area contributed by atoms with Crippen LogP contribution in [0.5, 0.6) is 5.75 Å². The smallest absolute Gasteiger partial charge is 0.447 e. The third-order valence-electron chi connectivity index (χ3n) is 3.59. The third-order valence-corrected chi connectivity index (χ3v) is 4.77. The zero-order valence-corrected chi connectivity index (χ0v) is 17.3. The van der Waals surface area contributed by atoms with Crippen molar-refractivity contribution in [2.24, 2.45) is 0 Å². The number of carbonyl (C=O) groups excluding carboxylic acids is 2. The minimum Gasteiger partial charge on any atom is -0.497 e. The van der Waals surface area contributed by atoms with Crippen molar-refractivity contribution in [3.05, 3.63) is 40.7 Å². The fraction of sp³-hybridized carbons (Fsp3) is 0.350. The van der Waals surface area contributed by atoms with Gasteiger partial charge in [-0.2, -0.15) is 4.79 Å². The van der Waals surface area contributed by atoms with Gasteiger partial charge < -0.3 is 20.3 Å². The van der Waals surface area contributed by atoms with Crippen molar-refractivity contribution >= 4 is 34.5 Å². The van der Waals surface area contributed by atoms with Crippen LogP contribution in [-0.4, -0.2) is 41.5 Å². The number of benzene rings is 1. The first-order valence-electron chi connectivity index (χ1n) is 8.72. The number of anilines is 1. The van der Waals surface area contributed by atoms with Crippen molar-refractivity contribution in [1.29, 1.82) is 0 Å². The van der Waals surface area contributed by atoms with Crippen molar-refractivity contribution in [2.45, 2.75) is 33.3 Å². The van der Waals surface area contributed by atoms with Crippen molar-refractivity contribution in [3.8, 4) is 16.2 Å². The summed E-state index contributed by atoms with van der Waals surface area (Å²) >= 11 is 1.20. The molecular formula is C20H23N3O4S. The Kier molecular flexibility index (Phi) is 6.72. The molecule has 2 aromatic rings. The van der Waals surface area contributed by atoms with Gasteiger partial charge in [0.25, 0.3) is 5.78 Å². The van der Waals surface area contributed by atoms with Crippen LogP contribution in [0.3, 0.4) is 0 Å². The zero-order valence-electron chi connectivity index (χ0n) is 16.5. The molecule has 1 aromatic heterocycles. The Morgan fingerprint density at radius 3 is 2.36 bits per heavy atom. The molecule has 0 spiro atoms. The van der Waals surface area contributed by atoms with Crippen LogP contribution < -0.4 is 10.1 Å². The molecule has 0 amide bonds. The maximum atomic E-state index is 12.9. The minimum absolute atomic E-state index is 0.270. The summed E-state index contributed by atoms with van der Waals surface area (Å²) in [6, 6.07) is 9.23. The molecule has 7 nitrogen and oxygen atoms in total. The molecule has 8 heteroatoms. The standard InChI is InChI=1S/C20H23N3O4S/c1-6-22-14-11-15(12-7-9-13(26-5)10-8-12)28-18(14)17(24)16(23-21)19(25)27-20(2,3)4/h7-11,22H,6H2,1-5H3. The average Bonchev–Trinajstić information content (AvgIpc) is 3.05. The molecule has 28 heavy (non-hydrogen) atoms. The fourth-order valence-corrected chi connectivity index (χ4v) is 3.47. The Balaban J connectivity index is 2.42. The highest BCUT2D eigenvalue weighted by Crippen LogP contribution is 2.36. The van der Waals surface area contributed by atoms with Gasteiger partial charge in [0.2, 0.25) is 0 Å². The number of nitrogens with zero attached hydrogens (tertiary/aromatic N) is 2. The second-order valence-electron chi connectivity index (χ2n) is 6.89. The van der Waals surface area contributed by atoms with Crippen LogP contribution in [0, 0.1) is 0 Å². The Hall–Kier alpha value is -2.96. The number of rotatable bonds is 7. The number of hydrogen-bond acceptors (Lipinski definition) is 6. The number of ketones is 1. The van der Waals surface area contributed by atoms with E-state index in [2.05, 4.69) is 10.1 Å². The summed E-state index contributed by atoms with van der Waals surface area (Å²) in [6.45, 7) is 7.48. The van der Waals surface area contributed by atoms with Gasteiger partial charge in [-0.1, -0.05) is 0 Å². The van der Waals surface area contributed by atoms with Crippen LogP contribution in [-0.2, 0) is 9.53 Å². The summed E-state index contributed by atoms with van der Waals surface area (Å²) in [5.74, 6) is -0.942. The highest BCUT2D eigenvalue weighted by molar-refractivity contribution is 7.19. The molecular weight excluding hydrogens is 378 g/mol. The van der Waals surface area contributed by atoms with E-state index in [1.165, 1.54) is 11.3 Å². The third kappa shape index (κ3) is 5.06. The van der Waals surface area contributed by atoms with Gasteiger partial charge in [0.15, 0.2) is 0 Å². The maximum Gasteiger partial charge on any atom is 0.447 e. The van der Waals surface area contributed by atoms with E-state index in [0.717, 1.165) is 16.2 Å². The van der Waals surface area contributed by atoms with Gasteiger partial charge in [-0.3, -0.25) is 4.79 Å². The Bertz CT molecular complexity index is 920. The van der Waals surface area contributed by atoms with Crippen LogP contribution in [0.1, 0.15) is 37.4 Å². The van der Waals surface area contributed by atoms with E-state index in [1.807, 2.05) is 37.3 Å². The van der Waals surface area contributed by atoms with E-state index < -0.39 is 23.1 Å². The van der Waals surface area contributed by atoms with E-state index in [0.29, 0.717) is 12.2 Å². The molecule has 0 atom stereocenters. The Morgan fingerprint density at radius 2 is 1.86 bits per heavy atom. The van der Waals surface area contributed by atoms with Crippen LogP contribution in [0.4, 0.5) is 5.69 Å². The van der Waals surface area contributed by atoms with Crippen molar-refractivity contribution in [2.75, 3.05) is 19.0 Å². The summed E-state index contributed by atoms with van der Waals surface area (Å²) in [4.78, 5) is 29.2. The van der Waals surface area contributed by atoms with Gasteiger partial charge >= 0.3 is 11.7 Å². The van der Waals surface area contributed by atoms with Crippen molar-refractivity contribution in [1.82, 2.24) is 0 Å². The van der Waals surface area contributed by atoms with E-state index in [4.69, 9.17) is 9.47 Å². The van der Waals surface area contributed by atoms with Crippen molar-refractivity contribution in [3.63, 3.8) is 0 Å². The number of Topliss-reactive ketones (excluding diaryl/α,β-unsaturated/α-hetero) is 1. The number of nitrogens with one attached hydrogen (secondary N) is 1. The predicted octanol–water partition coefficient (Wildman–Crippen LogP) is 4.05. The quantitative estimate of drug-likeness (QED) is 0.188. The lowest BCUT2D eigenvalue weighted by Crippen LogP contribution is -2.33. The van der Waals surface area contributed by atoms with Gasteiger partial charge in [-0.05, 0) is 63.6 Å². The highest BCUT2D eigenvalue weighted by Gasteiger charge is 2.37. The lowest BCUT2D eigenvalue weighted by molar-refractivity contribution is -0.150. The topological polar surface area (TPSA) is 101 Å². The van der Waals surface area contributed by atoms with E-state index in [9.17, 15) is 15.1 Å². The molecule has 0 bridgehead atoms. The van der Waals surface area contributed by atoms with Crippen LogP contribution in [0.25, 0.3) is 16.0 Å². The summed E-state index contributed by atoms with van der Waals surface area (Å²) in [6.07, 6.45) is 0. The molecule has 1 heterocycles. The van der Waals surface area contributed by atoms with Gasteiger partial charge in [-0.25, -0.2) is 4.79 Å². The normalized spacial score (nSPS) is 10.8. The van der Waals surface area contributed by atoms with E-state index in [1.54, 1.807) is 27.9 Å². The second kappa shape index (κ2) is 8.82. The number of esters is 1. The number of hydrogen-bond donors (Lipinski definition) is 1. The Labute approximate surface area is 167 Å². The monoisotopic (exact) mass is 401 g/mol. The molecule has 0 fully saturated rings. The number of carbonyl (C=O) groups is 2. The van der Waals surface area contributed by atoms with Gasteiger partial charge in [0, 0.05) is 11.4 Å². The summed E-state index contributed by atoms with van der Waals surface area (Å²) in [7, 11) is 1.59. The lowest BCUT2D eigenvalue weighted by atomic mass is 10.1. The molecule has 0 saturated carbocycles.